The quantitative estimate of drug-likeness (QED) is 0.802. The molecule has 0 fully saturated rings. The van der Waals surface area contributed by atoms with Crippen LogP contribution in [0.15, 0.2) is 9.59 Å². The molecule has 0 saturated heterocycles. The number of alkyl halides is 1. The van der Waals surface area contributed by atoms with Crippen LogP contribution in [0.2, 0.25) is 0 Å². The molecule has 17 heavy (non-hydrogen) atoms. The fourth-order valence-corrected chi connectivity index (χ4v) is 2.26. The number of nitrogens with one attached hydrogen (secondary N) is 1. The first kappa shape index (κ1) is 12.2. The minimum absolute atomic E-state index is 0.234. The molecule has 1 aromatic rings. The van der Waals surface area contributed by atoms with Crippen LogP contribution in [0.3, 0.4) is 0 Å². The highest BCUT2D eigenvalue weighted by Gasteiger charge is 2.25. The summed E-state index contributed by atoms with van der Waals surface area (Å²) in [7, 11) is 3.17. The largest absolute Gasteiger partial charge is 0.352 e. The van der Waals surface area contributed by atoms with Gasteiger partial charge in [-0.3, -0.25) is 13.9 Å². The van der Waals surface area contributed by atoms with Gasteiger partial charge in [0.15, 0.2) is 0 Å². The normalized spacial score (nSPS) is 13.7. The maximum atomic E-state index is 12.1. The lowest BCUT2D eigenvalue weighted by Crippen LogP contribution is -2.39. The molecule has 0 amide bonds. The first-order valence-electron chi connectivity index (χ1n) is 5.42. The van der Waals surface area contributed by atoms with Gasteiger partial charge < -0.3 is 10.2 Å². The first-order valence-corrected chi connectivity index (χ1v) is 6.55. The monoisotopic (exact) mass is 302 g/mol. The van der Waals surface area contributed by atoms with Crippen molar-refractivity contribution in [3.05, 3.63) is 20.8 Å². The van der Waals surface area contributed by atoms with Gasteiger partial charge in [-0.05, 0) is 6.42 Å². The van der Waals surface area contributed by atoms with Gasteiger partial charge >= 0.3 is 5.69 Å². The Balaban J connectivity index is 2.53. The Morgan fingerprint density at radius 3 is 2.65 bits per heavy atom. The third kappa shape index (κ3) is 1.88. The van der Waals surface area contributed by atoms with E-state index in [4.69, 9.17) is 0 Å². The van der Waals surface area contributed by atoms with Crippen LogP contribution < -0.4 is 21.5 Å². The number of anilines is 2. The maximum Gasteiger partial charge on any atom is 0.332 e. The lowest BCUT2D eigenvalue weighted by atomic mass is 10.4. The van der Waals surface area contributed by atoms with Crippen molar-refractivity contribution >= 4 is 27.4 Å². The third-order valence-corrected chi connectivity index (χ3v) is 3.52. The molecule has 0 aliphatic carbocycles. The van der Waals surface area contributed by atoms with E-state index in [1.165, 1.54) is 11.6 Å². The number of fused-ring (bicyclic) bond motifs is 1. The van der Waals surface area contributed by atoms with E-state index in [9.17, 15) is 9.59 Å². The summed E-state index contributed by atoms with van der Waals surface area (Å²) in [5.41, 5.74) is 0.0572. The highest BCUT2D eigenvalue weighted by Crippen LogP contribution is 2.25. The van der Waals surface area contributed by atoms with Crippen LogP contribution in [0, 0.1) is 0 Å². The Morgan fingerprint density at radius 1 is 1.29 bits per heavy atom. The molecule has 94 valence electrons. The lowest BCUT2D eigenvalue weighted by molar-refractivity contribution is 0.694. The van der Waals surface area contributed by atoms with Crippen LogP contribution in [0.25, 0.3) is 0 Å². The molecule has 0 aromatic carbocycles. The predicted octanol–water partition coefficient (Wildman–Crippen LogP) is 0.0584. The lowest BCUT2D eigenvalue weighted by Gasteiger charge is -2.16. The molecular formula is C10H15BrN4O2. The van der Waals surface area contributed by atoms with Gasteiger partial charge in [-0.2, -0.15) is 0 Å². The minimum Gasteiger partial charge on any atom is -0.352 e. The number of nitrogens with zero attached hydrogens (tertiary/aromatic N) is 3. The fourth-order valence-electron chi connectivity index (χ4n) is 2.00. The SMILES string of the molecule is Cn1c2c(c(=O)n(C)c1=O)N(CCCBr)CN2. The van der Waals surface area contributed by atoms with E-state index in [0.717, 1.165) is 22.9 Å². The van der Waals surface area contributed by atoms with Crippen molar-refractivity contribution in [2.75, 3.05) is 28.8 Å². The zero-order valence-corrected chi connectivity index (χ0v) is 11.5. The molecule has 7 heteroatoms. The van der Waals surface area contributed by atoms with Gasteiger partial charge in [0.2, 0.25) is 0 Å². The molecule has 2 heterocycles. The standard InChI is InChI=1S/C10H15BrN4O2/c1-13-8-7(9(16)14(2)10(13)17)15(6-12-8)5-3-4-11/h12H,3-6H2,1-2H3. The van der Waals surface area contributed by atoms with E-state index in [1.807, 2.05) is 4.90 Å². The number of hydrogen-bond acceptors (Lipinski definition) is 4. The Labute approximate surface area is 107 Å². The van der Waals surface area contributed by atoms with Crippen LogP contribution in [0.1, 0.15) is 6.42 Å². The maximum absolute atomic E-state index is 12.1. The summed E-state index contributed by atoms with van der Waals surface area (Å²) in [4.78, 5) is 25.8. The van der Waals surface area contributed by atoms with Gasteiger partial charge in [0.1, 0.15) is 11.5 Å². The van der Waals surface area contributed by atoms with E-state index >= 15 is 0 Å². The number of rotatable bonds is 3. The van der Waals surface area contributed by atoms with Gasteiger partial charge in [0.05, 0.1) is 6.67 Å². The van der Waals surface area contributed by atoms with Crippen molar-refractivity contribution in [2.24, 2.45) is 14.1 Å². The highest BCUT2D eigenvalue weighted by molar-refractivity contribution is 9.09. The van der Waals surface area contributed by atoms with Crippen molar-refractivity contribution in [2.45, 2.75) is 6.42 Å². The Bertz CT molecular complexity index is 548. The van der Waals surface area contributed by atoms with Crippen molar-refractivity contribution in [1.29, 1.82) is 0 Å². The van der Waals surface area contributed by atoms with Crippen molar-refractivity contribution in [3.63, 3.8) is 0 Å². The van der Waals surface area contributed by atoms with Gasteiger partial charge in [-0.15, -0.1) is 0 Å². The van der Waals surface area contributed by atoms with E-state index in [-0.39, 0.29) is 11.2 Å². The van der Waals surface area contributed by atoms with Crippen LogP contribution in [-0.4, -0.2) is 27.7 Å². The van der Waals surface area contributed by atoms with Crippen LogP contribution in [0.4, 0.5) is 11.5 Å². The second-order valence-corrected chi connectivity index (χ2v) is 4.84. The van der Waals surface area contributed by atoms with Gasteiger partial charge in [-0.1, -0.05) is 15.9 Å². The number of aromatic nitrogens is 2. The smallest absolute Gasteiger partial charge is 0.332 e. The molecule has 1 N–H and O–H groups in total. The third-order valence-electron chi connectivity index (χ3n) is 2.96. The molecule has 0 bridgehead atoms. The molecule has 1 aliphatic heterocycles. The van der Waals surface area contributed by atoms with Crippen LogP contribution in [0.5, 0.6) is 0 Å². The van der Waals surface area contributed by atoms with Gasteiger partial charge in [0, 0.05) is 26.0 Å². The average molecular weight is 303 g/mol. The molecule has 0 atom stereocenters. The summed E-state index contributed by atoms with van der Waals surface area (Å²) in [5, 5.41) is 3.99. The fraction of sp³-hybridized carbons (Fsp3) is 0.600. The number of hydrogen-bond donors (Lipinski definition) is 1. The summed E-state index contributed by atoms with van der Waals surface area (Å²) in [6.45, 7) is 1.37. The van der Waals surface area contributed by atoms with Gasteiger partial charge in [0.25, 0.3) is 5.56 Å². The Hall–Kier alpha value is -1.24. The van der Waals surface area contributed by atoms with E-state index < -0.39 is 0 Å². The molecule has 1 aliphatic rings. The van der Waals surface area contributed by atoms with Crippen molar-refractivity contribution in [3.8, 4) is 0 Å². The van der Waals surface area contributed by atoms with Gasteiger partial charge in [-0.25, -0.2) is 4.79 Å². The predicted molar refractivity (Wildman–Crippen MR) is 71.2 cm³/mol. The second kappa shape index (κ2) is 4.56. The van der Waals surface area contributed by atoms with E-state index in [1.54, 1.807) is 7.05 Å². The first-order chi connectivity index (χ1) is 8.07. The van der Waals surface area contributed by atoms with Crippen molar-refractivity contribution in [1.82, 2.24) is 9.13 Å². The summed E-state index contributed by atoms with van der Waals surface area (Å²) in [5.74, 6) is 0.618. The molecule has 1 aromatic heterocycles. The van der Waals surface area contributed by atoms with Crippen LogP contribution in [-0.2, 0) is 14.1 Å². The summed E-state index contributed by atoms with van der Waals surface area (Å²) in [6, 6.07) is 0. The molecule has 6 nitrogen and oxygen atoms in total. The average Bonchev–Trinajstić information content (AvgIpc) is 2.75. The molecule has 0 spiro atoms. The van der Waals surface area contributed by atoms with E-state index in [2.05, 4.69) is 21.2 Å². The molecule has 2 rings (SSSR count). The minimum atomic E-state index is -0.302. The van der Waals surface area contributed by atoms with Crippen LogP contribution >= 0.6 is 15.9 Å². The summed E-state index contributed by atoms with van der Waals surface area (Å²) in [6.07, 6.45) is 0.952. The number of halogens is 1. The second-order valence-electron chi connectivity index (χ2n) is 4.04. The molecular weight excluding hydrogens is 288 g/mol. The molecule has 0 radical (unpaired) electrons. The highest BCUT2D eigenvalue weighted by atomic mass is 79.9. The zero-order chi connectivity index (χ0) is 12.6. The summed E-state index contributed by atoms with van der Waals surface area (Å²) < 4.78 is 2.62. The Kier molecular flexibility index (Phi) is 3.28. The summed E-state index contributed by atoms with van der Waals surface area (Å²) >= 11 is 3.37. The molecule has 0 unspecified atom stereocenters. The molecule has 0 saturated carbocycles. The topological polar surface area (TPSA) is 59.3 Å². The van der Waals surface area contributed by atoms with E-state index in [0.29, 0.717) is 18.2 Å². The van der Waals surface area contributed by atoms with Crippen molar-refractivity contribution < 1.29 is 0 Å². The Morgan fingerprint density at radius 2 is 2.00 bits per heavy atom. The zero-order valence-electron chi connectivity index (χ0n) is 9.86.